The van der Waals surface area contributed by atoms with Crippen LogP contribution in [0, 0.1) is 0 Å². The van der Waals surface area contributed by atoms with Gasteiger partial charge in [-0.05, 0) is 12.0 Å². The highest BCUT2D eigenvalue weighted by molar-refractivity contribution is 4.70. The van der Waals surface area contributed by atoms with Crippen LogP contribution in [0.2, 0.25) is 0 Å². The monoisotopic (exact) mass is 113 g/mol. The van der Waals surface area contributed by atoms with Gasteiger partial charge in [-0.25, -0.2) is 0 Å². The van der Waals surface area contributed by atoms with Crippen LogP contribution in [0.4, 0.5) is 0 Å². The van der Waals surface area contributed by atoms with Gasteiger partial charge in [-0.3, -0.25) is 0 Å². The molecule has 0 aromatic carbocycles. The fourth-order valence-electron chi connectivity index (χ4n) is 0.686. The molecule has 1 fully saturated rings. The van der Waals surface area contributed by atoms with Crippen LogP contribution >= 0.6 is 0 Å². The van der Waals surface area contributed by atoms with Gasteiger partial charge in [0.15, 0.2) is 0 Å². The van der Waals surface area contributed by atoms with Gasteiger partial charge in [0.25, 0.3) is 0 Å². The first kappa shape index (κ1) is 5.41. The van der Waals surface area contributed by atoms with Crippen LogP contribution in [-0.2, 0) is 4.74 Å². The van der Waals surface area contributed by atoms with Crippen LogP contribution in [0.15, 0.2) is 5.11 Å². The summed E-state index contributed by atoms with van der Waals surface area (Å²) in [5.41, 5.74) is 7.93. The molecule has 4 nitrogen and oxygen atoms in total. The third-order valence-electron chi connectivity index (χ3n) is 1.12. The van der Waals surface area contributed by atoms with E-state index in [1.54, 1.807) is 0 Å². The maximum atomic E-state index is 7.93. The highest BCUT2D eigenvalue weighted by atomic mass is 16.5. The summed E-state index contributed by atoms with van der Waals surface area (Å²) in [4.78, 5) is 2.66. The lowest BCUT2D eigenvalue weighted by molar-refractivity contribution is 0.194. The maximum Gasteiger partial charge on any atom is 0.0629 e. The van der Waals surface area contributed by atoms with Crippen molar-refractivity contribution in [1.29, 1.82) is 0 Å². The zero-order chi connectivity index (χ0) is 5.82. The fourth-order valence-corrected chi connectivity index (χ4v) is 0.686. The summed E-state index contributed by atoms with van der Waals surface area (Å²) in [5, 5.41) is 3.48. The standard InChI is InChI=1S/C4H7N3O/c5-7-6-4-1-2-8-3-4/h4H,1-3H2/t4-/m0/s1. The van der Waals surface area contributed by atoms with Gasteiger partial charge in [-0.2, -0.15) is 0 Å². The van der Waals surface area contributed by atoms with Crippen molar-refractivity contribution in [3.8, 4) is 0 Å². The molecule has 0 aromatic rings. The molecule has 0 amide bonds. The van der Waals surface area contributed by atoms with E-state index in [1.807, 2.05) is 0 Å². The first-order valence-electron chi connectivity index (χ1n) is 2.55. The van der Waals surface area contributed by atoms with Gasteiger partial charge in [-0.15, -0.1) is 0 Å². The Morgan fingerprint density at radius 3 is 3.12 bits per heavy atom. The Balaban J connectivity index is 2.35. The Morgan fingerprint density at radius 2 is 2.62 bits per heavy atom. The zero-order valence-electron chi connectivity index (χ0n) is 4.45. The number of ether oxygens (including phenoxy) is 1. The van der Waals surface area contributed by atoms with Crippen LogP contribution < -0.4 is 0 Å². The normalized spacial score (nSPS) is 27.2. The van der Waals surface area contributed by atoms with Crippen LogP contribution in [-0.4, -0.2) is 19.3 Å². The molecule has 1 heterocycles. The molecule has 44 valence electrons. The molecule has 0 radical (unpaired) electrons. The first-order valence-corrected chi connectivity index (χ1v) is 2.55. The topological polar surface area (TPSA) is 58.0 Å². The summed E-state index contributed by atoms with van der Waals surface area (Å²) in [7, 11) is 0. The summed E-state index contributed by atoms with van der Waals surface area (Å²) in [6.45, 7) is 1.34. The van der Waals surface area contributed by atoms with Gasteiger partial charge < -0.3 is 4.74 Å². The Bertz CT molecular complexity index is 112. The van der Waals surface area contributed by atoms with Crippen molar-refractivity contribution in [2.75, 3.05) is 13.2 Å². The highest BCUT2D eigenvalue weighted by Gasteiger charge is 2.12. The summed E-state index contributed by atoms with van der Waals surface area (Å²) in [5.74, 6) is 0. The van der Waals surface area contributed by atoms with Crippen molar-refractivity contribution in [3.05, 3.63) is 10.4 Å². The van der Waals surface area contributed by atoms with Crippen molar-refractivity contribution in [1.82, 2.24) is 0 Å². The summed E-state index contributed by atoms with van der Waals surface area (Å²) < 4.78 is 4.94. The number of rotatable bonds is 1. The van der Waals surface area contributed by atoms with Crippen molar-refractivity contribution >= 4 is 0 Å². The average molecular weight is 113 g/mol. The molecule has 1 aliphatic heterocycles. The second kappa shape index (κ2) is 2.55. The second-order valence-electron chi connectivity index (χ2n) is 1.72. The Kier molecular flexibility index (Phi) is 1.72. The molecular weight excluding hydrogens is 106 g/mol. The fraction of sp³-hybridized carbons (Fsp3) is 1.00. The van der Waals surface area contributed by atoms with E-state index in [0.29, 0.717) is 6.61 Å². The van der Waals surface area contributed by atoms with Gasteiger partial charge in [0.2, 0.25) is 0 Å². The lowest BCUT2D eigenvalue weighted by Gasteiger charge is -1.90. The van der Waals surface area contributed by atoms with Gasteiger partial charge in [0, 0.05) is 11.5 Å². The molecule has 1 aliphatic rings. The van der Waals surface area contributed by atoms with Gasteiger partial charge in [-0.1, -0.05) is 5.11 Å². The van der Waals surface area contributed by atoms with Gasteiger partial charge in [0.1, 0.15) is 0 Å². The predicted molar refractivity (Wildman–Crippen MR) is 28.4 cm³/mol. The highest BCUT2D eigenvalue weighted by Crippen LogP contribution is 2.06. The minimum Gasteiger partial charge on any atom is -0.381 e. The number of azide groups is 1. The Morgan fingerprint density at radius 1 is 1.75 bits per heavy atom. The van der Waals surface area contributed by atoms with E-state index in [0.717, 1.165) is 13.0 Å². The van der Waals surface area contributed by atoms with Crippen molar-refractivity contribution in [2.24, 2.45) is 5.11 Å². The average Bonchev–Trinajstić information content (AvgIpc) is 2.19. The molecule has 0 bridgehead atoms. The van der Waals surface area contributed by atoms with Crippen LogP contribution in [0.1, 0.15) is 6.42 Å². The molecule has 0 N–H and O–H groups in total. The first-order chi connectivity index (χ1) is 3.93. The van der Waals surface area contributed by atoms with E-state index in [2.05, 4.69) is 10.0 Å². The molecule has 8 heavy (non-hydrogen) atoms. The predicted octanol–water partition coefficient (Wildman–Crippen LogP) is 1.09. The van der Waals surface area contributed by atoms with E-state index >= 15 is 0 Å². The number of hydrogen-bond acceptors (Lipinski definition) is 2. The minimum absolute atomic E-state index is 0.0972. The molecule has 0 saturated carbocycles. The second-order valence-corrected chi connectivity index (χ2v) is 1.72. The van der Waals surface area contributed by atoms with Crippen molar-refractivity contribution in [3.63, 3.8) is 0 Å². The molecule has 0 spiro atoms. The molecule has 4 heteroatoms. The molecule has 1 saturated heterocycles. The van der Waals surface area contributed by atoms with Gasteiger partial charge >= 0.3 is 0 Å². The largest absolute Gasteiger partial charge is 0.381 e. The summed E-state index contributed by atoms with van der Waals surface area (Å²) in [6, 6.07) is 0.0972. The molecule has 0 unspecified atom stereocenters. The van der Waals surface area contributed by atoms with Crippen LogP contribution in [0.3, 0.4) is 0 Å². The SMILES string of the molecule is [N-]=[N+]=N[C@H]1CCOC1. The van der Waals surface area contributed by atoms with E-state index in [1.165, 1.54) is 0 Å². The quantitative estimate of drug-likeness (QED) is 0.285. The lowest BCUT2D eigenvalue weighted by Crippen LogP contribution is -1.99. The summed E-state index contributed by atoms with van der Waals surface area (Å²) >= 11 is 0. The molecule has 1 rings (SSSR count). The lowest BCUT2D eigenvalue weighted by atomic mass is 10.3. The van der Waals surface area contributed by atoms with E-state index in [4.69, 9.17) is 10.3 Å². The Labute approximate surface area is 47.1 Å². The maximum absolute atomic E-state index is 7.93. The van der Waals surface area contributed by atoms with Gasteiger partial charge in [0.05, 0.1) is 12.6 Å². The minimum atomic E-state index is 0.0972. The van der Waals surface area contributed by atoms with E-state index in [9.17, 15) is 0 Å². The van der Waals surface area contributed by atoms with E-state index in [-0.39, 0.29) is 6.04 Å². The third kappa shape index (κ3) is 1.12. The third-order valence-corrected chi connectivity index (χ3v) is 1.12. The van der Waals surface area contributed by atoms with Crippen LogP contribution in [0.25, 0.3) is 10.4 Å². The van der Waals surface area contributed by atoms with E-state index < -0.39 is 0 Å². The summed E-state index contributed by atoms with van der Waals surface area (Å²) in [6.07, 6.45) is 0.879. The molecule has 1 atom stereocenters. The molecular formula is C4H7N3O. The smallest absolute Gasteiger partial charge is 0.0629 e. The van der Waals surface area contributed by atoms with Crippen molar-refractivity contribution in [2.45, 2.75) is 12.5 Å². The Hall–Kier alpha value is -0.730. The molecule has 0 aliphatic carbocycles. The number of hydrogen-bond donors (Lipinski definition) is 0. The van der Waals surface area contributed by atoms with Crippen LogP contribution in [0.5, 0.6) is 0 Å². The number of nitrogens with zero attached hydrogens (tertiary/aromatic N) is 3. The molecule has 0 aromatic heterocycles. The zero-order valence-corrected chi connectivity index (χ0v) is 4.45. The van der Waals surface area contributed by atoms with Crippen molar-refractivity contribution < 1.29 is 4.74 Å².